The molecule has 0 spiro atoms. The Kier molecular flexibility index (Phi) is 4.78. The first-order valence-corrected chi connectivity index (χ1v) is 9.09. The van der Waals surface area contributed by atoms with Gasteiger partial charge in [-0.1, -0.05) is 34.8 Å². The second-order valence-electron chi connectivity index (χ2n) is 3.58. The van der Waals surface area contributed by atoms with Crippen LogP contribution in [0.4, 0.5) is 5.69 Å². The molecule has 10 heteroatoms. The zero-order valence-electron chi connectivity index (χ0n) is 9.32. The van der Waals surface area contributed by atoms with Gasteiger partial charge in [0.2, 0.25) is 0 Å². The molecule has 0 amide bonds. The van der Waals surface area contributed by atoms with Crippen molar-refractivity contribution < 1.29 is 13.5 Å². The number of hydrogen-bond acceptors (Lipinski definition) is 4. The first kappa shape index (κ1) is 16.2. The maximum absolute atomic E-state index is 12.1. The lowest BCUT2D eigenvalue weighted by molar-refractivity contribution is 0.476. The average Bonchev–Trinajstić information content (AvgIpc) is 2.67. The van der Waals surface area contributed by atoms with Crippen LogP contribution in [0, 0.1) is 0 Å². The molecule has 0 saturated carbocycles. The van der Waals surface area contributed by atoms with E-state index in [4.69, 9.17) is 34.8 Å². The van der Waals surface area contributed by atoms with E-state index in [9.17, 15) is 13.5 Å². The first-order chi connectivity index (χ1) is 9.20. The molecule has 0 bridgehead atoms. The van der Waals surface area contributed by atoms with Gasteiger partial charge in [0.15, 0.2) is 5.75 Å². The second-order valence-corrected chi connectivity index (χ2v) is 9.08. The molecule has 20 heavy (non-hydrogen) atoms. The molecule has 0 aliphatic rings. The summed E-state index contributed by atoms with van der Waals surface area (Å²) in [5.74, 6) is -0.307. The van der Waals surface area contributed by atoms with Gasteiger partial charge in [0.1, 0.15) is 4.21 Å². The highest BCUT2D eigenvalue weighted by atomic mass is 79.9. The van der Waals surface area contributed by atoms with Gasteiger partial charge in [0, 0.05) is 0 Å². The quantitative estimate of drug-likeness (QED) is 0.666. The number of hydrogen-bond donors (Lipinski definition) is 2. The van der Waals surface area contributed by atoms with Crippen molar-refractivity contribution in [2.75, 3.05) is 4.72 Å². The zero-order valence-corrected chi connectivity index (χ0v) is 14.8. The third-order valence-corrected chi connectivity index (χ3v) is 7.06. The summed E-state index contributed by atoms with van der Waals surface area (Å²) in [4.78, 5) is 0. The van der Waals surface area contributed by atoms with Crippen molar-refractivity contribution in [2.45, 2.75) is 4.21 Å². The Morgan fingerprint density at radius 1 is 1.10 bits per heavy atom. The Labute approximate surface area is 142 Å². The van der Waals surface area contributed by atoms with Gasteiger partial charge < -0.3 is 5.11 Å². The van der Waals surface area contributed by atoms with Crippen LogP contribution in [0.1, 0.15) is 0 Å². The van der Waals surface area contributed by atoms with E-state index >= 15 is 0 Å². The molecule has 1 heterocycles. The molecule has 4 nitrogen and oxygen atoms in total. The van der Waals surface area contributed by atoms with Crippen LogP contribution in [0.2, 0.25) is 15.1 Å². The van der Waals surface area contributed by atoms with E-state index in [0.717, 1.165) is 11.3 Å². The predicted octanol–water partition coefficient (Wildman–Crippen LogP) is 4.98. The number of phenols is 1. The molecule has 108 valence electrons. The van der Waals surface area contributed by atoms with Crippen molar-refractivity contribution in [3.05, 3.63) is 37.1 Å². The molecule has 0 aliphatic heterocycles. The summed E-state index contributed by atoms with van der Waals surface area (Å²) in [7, 11) is -3.81. The minimum Gasteiger partial charge on any atom is -0.505 e. The van der Waals surface area contributed by atoms with Crippen LogP contribution in [-0.2, 0) is 10.0 Å². The molecule has 0 saturated heterocycles. The molecule has 0 fully saturated rings. The Balaban J connectivity index is 2.38. The number of nitrogens with one attached hydrogen (secondary N) is 1. The summed E-state index contributed by atoms with van der Waals surface area (Å²) < 4.78 is 27.2. The van der Waals surface area contributed by atoms with Crippen molar-refractivity contribution in [2.24, 2.45) is 0 Å². The fourth-order valence-electron chi connectivity index (χ4n) is 1.29. The molecule has 0 unspecified atom stereocenters. The summed E-state index contributed by atoms with van der Waals surface area (Å²) >= 11 is 21.4. The summed E-state index contributed by atoms with van der Waals surface area (Å²) in [6, 6.07) is 3.83. The first-order valence-electron chi connectivity index (χ1n) is 4.86. The van der Waals surface area contributed by atoms with Crippen molar-refractivity contribution in [1.29, 1.82) is 0 Å². The van der Waals surface area contributed by atoms with Crippen LogP contribution in [0.15, 0.2) is 26.2 Å². The van der Waals surface area contributed by atoms with Gasteiger partial charge in [-0.05, 0) is 34.1 Å². The van der Waals surface area contributed by atoms with Crippen molar-refractivity contribution >= 4 is 77.8 Å². The number of thiophene rings is 1. The van der Waals surface area contributed by atoms with Crippen molar-refractivity contribution in [3.8, 4) is 5.75 Å². The fraction of sp³-hybridized carbons (Fsp3) is 0. The maximum Gasteiger partial charge on any atom is 0.271 e. The van der Waals surface area contributed by atoms with Gasteiger partial charge >= 0.3 is 0 Å². The molecule has 0 atom stereocenters. The minimum absolute atomic E-state index is 0.0368. The molecule has 0 radical (unpaired) electrons. The SMILES string of the molecule is O=S(=O)(Nc1cc(Cl)c(O)c(Cl)c1)c1cc(Cl)c(Br)s1. The molecule has 2 rings (SSSR count). The van der Waals surface area contributed by atoms with Gasteiger partial charge in [-0.3, -0.25) is 4.72 Å². The number of rotatable bonds is 3. The van der Waals surface area contributed by atoms with Gasteiger partial charge in [-0.25, -0.2) is 8.42 Å². The van der Waals surface area contributed by atoms with E-state index in [1.165, 1.54) is 18.2 Å². The molecule has 2 aromatic rings. The Morgan fingerprint density at radius 3 is 2.10 bits per heavy atom. The predicted molar refractivity (Wildman–Crippen MR) is 86.0 cm³/mol. The summed E-state index contributed by atoms with van der Waals surface area (Å²) in [5.41, 5.74) is 0.137. The molecular weight excluding hydrogens is 433 g/mol. The topological polar surface area (TPSA) is 66.4 Å². The lowest BCUT2D eigenvalue weighted by Gasteiger charge is -2.08. The number of anilines is 1. The normalized spacial score (nSPS) is 11.6. The largest absolute Gasteiger partial charge is 0.505 e. The van der Waals surface area contributed by atoms with Gasteiger partial charge in [0.25, 0.3) is 10.0 Å². The van der Waals surface area contributed by atoms with E-state index in [0.29, 0.717) is 8.81 Å². The molecule has 1 aromatic heterocycles. The van der Waals surface area contributed by atoms with Crippen molar-refractivity contribution in [1.82, 2.24) is 0 Å². The number of sulfonamides is 1. The average molecular weight is 438 g/mol. The van der Waals surface area contributed by atoms with E-state index < -0.39 is 10.0 Å². The second kappa shape index (κ2) is 5.90. The summed E-state index contributed by atoms with van der Waals surface area (Å²) in [6.07, 6.45) is 0. The van der Waals surface area contributed by atoms with Gasteiger partial charge in [-0.15, -0.1) is 11.3 Å². The van der Waals surface area contributed by atoms with E-state index in [1.807, 2.05) is 0 Å². The van der Waals surface area contributed by atoms with Crippen molar-refractivity contribution in [3.63, 3.8) is 0 Å². The number of halogens is 4. The molecule has 2 N–H and O–H groups in total. The van der Waals surface area contributed by atoms with Gasteiger partial charge in [-0.2, -0.15) is 0 Å². The Hall–Kier alpha value is -0.180. The summed E-state index contributed by atoms with van der Waals surface area (Å²) in [5, 5.41) is 9.62. The number of aromatic hydroxyl groups is 1. The number of benzene rings is 1. The van der Waals surface area contributed by atoms with Crippen LogP contribution < -0.4 is 4.72 Å². The van der Waals surface area contributed by atoms with Crippen LogP contribution in [0.5, 0.6) is 5.75 Å². The minimum atomic E-state index is -3.81. The Bertz CT molecular complexity index is 734. The zero-order chi connectivity index (χ0) is 15.1. The molecular formula is C10H5BrCl3NO3S2. The molecule has 1 aromatic carbocycles. The maximum atomic E-state index is 12.1. The fourth-order valence-corrected chi connectivity index (χ4v) is 5.21. The van der Waals surface area contributed by atoms with Crippen LogP contribution in [0.3, 0.4) is 0 Å². The van der Waals surface area contributed by atoms with Crippen LogP contribution in [-0.4, -0.2) is 13.5 Å². The van der Waals surface area contributed by atoms with Crippen LogP contribution in [0.25, 0.3) is 0 Å². The van der Waals surface area contributed by atoms with E-state index in [2.05, 4.69) is 20.7 Å². The van der Waals surface area contributed by atoms with E-state index in [1.54, 1.807) is 0 Å². The third-order valence-electron chi connectivity index (χ3n) is 2.16. The lowest BCUT2D eigenvalue weighted by atomic mass is 10.3. The Morgan fingerprint density at radius 2 is 1.65 bits per heavy atom. The smallest absolute Gasteiger partial charge is 0.271 e. The summed E-state index contributed by atoms with van der Waals surface area (Å²) in [6.45, 7) is 0. The standard InChI is InChI=1S/C10H5BrCl3NO3S2/c11-10-7(14)3-8(19-10)20(17,18)15-4-1-5(12)9(16)6(13)2-4/h1-3,15-16H. The van der Waals surface area contributed by atoms with Gasteiger partial charge in [0.05, 0.1) is 24.5 Å². The van der Waals surface area contributed by atoms with Crippen LogP contribution >= 0.6 is 62.1 Å². The highest BCUT2D eigenvalue weighted by molar-refractivity contribution is 9.11. The van der Waals surface area contributed by atoms with E-state index in [-0.39, 0.29) is 25.7 Å². The third kappa shape index (κ3) is 3.35. The lowest BCUT2D eigenvalue weighted by Crippen LogP contribution is -2.11. The monoisotopic (exact) mass is 435 g/mol. The highest BCUT2D eigenvalue weighted by Gasteiger charge is 2.20. The molecule has 0 aliphatic carbocycles. The number of phenolic OH excluding ortho intramolecular Hbond substituents is 1. The highest BCUT2D eigenvalue weighted by Crippen LogP contribution is 2.37.